The van der Waals surface area contributed by atoms with Crippen LogP contribution in [0.1, 0.15) is 13.3 Å². The molecule has 18 heavy (non-hydrogen) atoms. The predicted molar refractivity (Wildman–Crippen MR) is 68.7 cm³/mol. The number of halogens is 1. The summed E-state index contributed by atoms with van der Waals surface area (Å²) in [6.07, 6.45) is 0.620. The van der Waals surface area contributed by atoms with E-state index >= 15 is 0 Å². The molecule has 2 atom stereocenters. The number of hydrogen-bond acceptors (Lipinski definition) is 3. The number of rotatable bonds is 3. The normalized spacial score (nSPS) is 28.3. The summed E-state index contributed by atoms with van der Waals surface area (Å²) in [5.41, 5.74) is 5.28. The summed E-state index contributed by atoms with van der Waals surface area (Å²) in [6, 6.07) is 6.34. The number of hydrogen-bond donors (Lipinski definition) is 2. The first-order valence-electron chi connectivity index (χ1n) is 5.97. The molecule has 0 saturated carbocycles. The first kappa shape index (κ1) is 12.8. The van der Waals surface area contributed by atoms with Gasteiger partial charge >= 0.3 is 0 Å². The van der Waals surface area contributed by atoms with Gasteiger partial charge in [-0.2, -0.15) is 0 Å². The predicted octanol–water partition coefficient (Wildman–Crippen LogP) is 1.19. The van der Waals surface area contributed by atoms with Crippen molar-refractivity contribution in [2.24, 2.45) is 5.73 Å². The zero-order chi connectivity index (χ0) is 13.3. The maximum absolute atomic E-state index is 13.2. The average molecular weight is 251 g/mol. The molecule has 0 spiro atoms. The Hall–Kier alpha value is -1.62. The Labute approximate surface area is 106 Å². The van der Waals surface area contributed by atoms with Crippen molar-refractivity contribution in [3.05, 3.63) is 30.1 Å². The molecule has 1 aliphatic rings. The van der Waals surface area contributed by atoms with E-state index in [1.807, 2.05) is 14.0 Å². The summed E-state index contributed by atoms with van der Waals surface area (Å²) < 4.78 is 13.2. The highest BCUT2D eigenvalue weighted by Crippen LogP contribution is 2.29. The van der Waals surface area contributed by atoms with Crippen LogP contribution in [0.5, 0.6) is 0 Å². The van der Waals surface area contributed by atoms with Gasteiger partial charge in [0.25, 0.3) is 0 Å². The lowest BCUT2D eigenvalue weighted by atomic mass is 9.95. The molecule has 4 nitrogen and oxygen atoms in total. The van der Waals surface area contributed by atoms with Gasteiger partial charge < -0.3 is 16.0 Å². The quantitative estimate of drug-likeness (QED) is 0.848. The van der Waals surface area contributed by atoms with Crippen LogP contribution in [0.15, 0.2) is 24.3 Å². The van der Waals surface area contributed by atoms with Crippen molar-refractivity contribution in [3.63, 3.8) is 0 Å². The van der Waals surface area contributed by atoms with Crippen molar-refractivity contribution in [1.29, 1.82) is 0 Å². The van der Waals surface area contributed by atoms with Gasteiger partial charge in [-0.1, -0.05) is 6.07 Å². The number of likely N-dealkylation sites (tertiary alicyclic amines) is 1. The fraction of sp³-hybridized carbons (Fsp3) is 0.462. The molecule has 1 aromatic rings. The third-order valence-corrected chi connectivity index (χ3v) is 3.60. The van der Waals surface area contributed by atoms with E-state index in [2.05, 4.69) is 10.2 Å². The van der Waals surface area contributed by atoms with E-state index in [0.29, 0.717) is 18.7 Å². The van der Waals surface area contributed by atoms with Gasteiger partial charge in [0.15, 0.2) is 0 Å². The summed E-state index contributed by atoms with van der Waals surface area (Å²) >= 11 is 0. The van der Waals surface area contributed by atoms with Gasteiger partial charge in [-0.05, 0) is 38.6 Å². The smallest absolute Gasteiger partial charge is 0.244 e. The SMILES string of the molecule is CC1CC(Nc2cccc(F)c2)(C(N)=O)CN1C. The van der Waals surface area contributed by atoms with Gasteiger partial charge in [-0.3, -0.25) is 4.79 Å². The number of anilines is 1. The second kappa shape index (κ2) is 4.57. The number of likely N-dealkylation sites (N-methyl/N-ethyl adjacent to an activating group) is 1. The fourth-order valence-electron chi connectivity index (χ4n) is 2.48. The minimum Gasteiger partial charge on any atom is -0.370 e. The van der Waals surface area contributed by atoms with Crippen molar-refractivity contribution < 1.29 is 9.18 Å². The zero-order valence-electron chi connectivity index (χ0n) is 10.6. The Kier molecular flexibility index (Phi) is 3.26. The Morgan fingerprint density at radius 2 is 2.33 bits per heavy atom. The molecule has 2 unspecified atom stereocenters. The van der Waals surface area contributed by atoms with Crippen LogP contribution < -0.4 is 11.1 Å². The molecule has 1 amide bonds. The first-order chi connectivity index (χ1) is 8.43. The molecule has 0 aromatic heterocycles. The monoisotopic (exact) mass is 251 g/mol. The van der Waals surface area contributed by atoms with Crippen LogP contribution >= 0.6 is 0 Å². The summed E-state index contributed by atoms with van der Waals surface area (Å²) in [6.45, 7) is 2.57. The van der Waals surface area contributed by atoms with Crippen LogP contribution in [-0.2, 0) is 4.79 Å². The lowest BCUT2D eigenvalue weighted by molar-refractivity contribution is -0.121. The molecule has 2 rings (SSSR count). The summed E-state index contributed by atoms with van der Waals surface area (Å²) in [5.74, 6) is -0.734. The minimum absolute atomic E-state index is 0.263. The average Bonchev–Trinajstić information content (AvgIpc) is 2.55. The molecule has 5 heteroatoms. The number of nitrogens with one attached hydrogen (secondary N) is 1. The van der Waals surface area contributed by atoms with Crippen molar-refractivity contribution >= 4 is 11.6 Å². The molecule has 1 fully saturated rings. The molecule has 3 N–H and O–H groups in total. The van der Waals surface area contributed by atoms with Gasteiger partial charge in [0.1, 0.15) is 11.4 Å². The molecule has 0 aliphatic carbocycles. The van der Waals surface area contributed by atoms with E-state index in [1.165, 1.54) is 12.1 Å². The van der Waals surface area contributed by atoms with Crippen molar-refractivity contribution in [2.45, 2.75) is 24.9 Å². The summed E-state index contributed by atoms with van der Waals surface area (Å²) in [5, 5.41) is 3.10. The lowest BCUT2D eigenvalue weighted by Crippen LogP contribution is -2.52. The summed E-state index contributed by atoms with van der Waals surface area (Å²) in [7, 11) is 1.95. The number of benzene rings is 1. The Bertz CT molecular complexity index is 453. The molecule has 1 saturated heterocycles. The van der Waals surface area contributed by atoms with Crippen LogP contribution in [0.3, 0.4) is 0 Å². The van der Waals surface area contributed by atoms with E-state index in [4.69, 9.17) is 5.73 Å². The van der Waals surface area contributed by atoms with Crippen molar-refractivity contribution in [2.75, 3.05) is 18.9 Å². The highest BCUT2D eigenvalue weighted by molar-refractivity contribution is 5.89. The van der Waals surface area contributed by atoms with Crippen LogP contribution in [0.2, 0.25) is 0 Å². The van der Waals surface area contributed by atoms with E-state index in [-0.39, 0.29) is 11.9 Å². The molecule has 1 aromatic carbocycles. The van der Waals surface area contributed by atoms with Crippen LogP contribution in [0.25, 0.3) is 0 Å². The highest BCUT2D eigenvalue weighted by Gasteiger charge is 2.45. The molecular weight excluding hydrogens is 233 g/mol. The Morgan fingerprint density at radius 3 is 2.83 bits per heavy atom. The fourth-order valence-corrected chi connectivity index (χ4v) is 2.48. The van der Waals surface area contributed by atoms with Crippen molar-refractivity contribution in [1.82, 2.24) is 4.90 Å². The van der Waals surface area contributed by atoms with E-state index in [9.17, 15) is 9.18 Å². The number of carbonyl (C=O) groups excluding carboxylic acids is 1. The van der Waals surface area contributed by atoms with Crippen molar-refractivity contribution in [3.8, 4) is 0 Å². The maximum atomic E-state index is 13.2. The van der Waals surface area contributed by atoms with Gasteiger partial charge in [0, 0.05) is 18.3 Å². The minimum atomic E-state index is -0.818. The van der Waals surface area contributed by atoms with Gasteiger partial charge in [-0.15, -0.1) is 0 Å². The second-order valence-corrected chi connectivity index (χ2v) is 5.05. The molecule has 1 aliphatic heterocycles. The second-order valence-electron chi connectivity index (χ2n) is 5.05. The van der Waals surface area contributed by atoms with Crippen LogP contribution in [0, 0.1) is 5.82 Å². The molecule has 0 bridgehead atoms. The van der Waals surface area contributed by atoms with Crippen LogP contribution in [-0.4, -0.2) is 36.0 Å². The molecule has 98 valence electrons. The molecular formula is C13H18FN3O. The zero-order valence-corrected chi connectivity index (χ0v) is 10.6. The molecule has 0 radical (unpaired) electrons. The third-order valence-electron chi connectivity index (χ3n) is 3.60. The topological polar surface area (TPSA) is 58.4 Å². The highest BCUT2D eigenvalue weighted by atomic mass is 19.1. The molecule has 1 heterocycles. The Morgan fingerprint density at radius 1 is 1.61 bits per heavy atom. The van der Waals surface area contributed by atoms with E-state index in [1.54, 1.807) is 12.1 Å². The summed E-state index contributed by atoms with van der Waals surface area (Å²) in [4.78, 5) is 13.8. The maximum Gasteiger partial charge on any atom is 0.244 e. The number of primary amides is 1. The van der Waals surface area contributed by atoms with Gasteiger partial charge in [0.05, 0.1) is 0 Å². The standard InChI is InChI=1S/C13H18FN3O/c1-9-7-13(12(15)18,8-17(9)2)16-11-5-3-4-10(14)6-11/h3-6,9,16H,7-8H2,1-2H3,(H2,15,18). The Balaban J connectivity index is 2.25. The van der Waals surface area contributed by atoms with Gasteiger partial charge in [0.2, 0.25) is 5.91 Å². The first-order valence-corrected chi connectivity index (χ1v) is 5.97. The van der Waals surface area contributed by atoms with Gasteiger partial charge in [-0.25, -0.2) is 4.39 Å². The number of nitrogens with two attached hydrogens (primary N) is 1. The largest absolute Gasteiger partial charge is 0.370 e. The van der Waals surface area contributed by atoms with Crippen LogP contribution in [0.4, 0.5) is 10.1 Å². The van der Waals surface area contributed by atoms with E-state index in [0.717, 1.165) is 0 Å². The lowest BCUT2D eigenvalue weighted by Gasteiger charge is -2.28. The number of carbonyl (C=O) groups is 1. The van der Waals surface area contributed by atoms with E-state index < -0.39 is 11.4 Å². The third kappa shape index (κ3) is 2.31. The number of amides is 1. The number of nitrogens with zero attached hydrogens (tertiary/aromatic N) is 1.